The van der Waals surface area contributed by atoms with Crippen molar-refractivity contribution in [2.24, 2.45) is 5.92 Å². The van der Waals surface area contributed by atoms with Crippen LogP contribution in [0.1, 0.15) is 24.2 Å². The van der Waals surface area contributed by atoms with Crippen LogP contribution in [0.15, 0.2) is 30.3 Å². The third-order valence-electron chi connectivity index (χ3n) is 2.52. The summed E-state index contributed by atoms with van der Waals surface area (Å²) in [5.74, 6) is 0.0171. The number of hydrogen-bond acceptors (Lipinski definition) is 2. The third kappa shape index (κ3) is 2.60. The number of amides is 1. The highest BCUT2D eigenvalue weighted by molar-refractivity contribution is 5.94. The van der Waals surface area contributed by atoms with Crippen LogP contribution in [-0.2, 0) is 0 Å². The van der Waals surface area contributed by atoms with E-state index in [1.807, 2.05) is 32.0 Å². The predicted octanol–water partition coefficient (Wildman–Crippen LogP) is 2.31. The molecule has 0 aliphatic rings. The minimum absolute atomic E-state index is 0.110. The summed E-state index contributed by atoms with van der Waals surface area (Å²) in [4.78, 5) is 13.5. The highest BCUT2D eigenvalue weighted by Crippen LogP contribution is 2.12. The molecule has 0 fully saturated rings. The molecular formula is C13H16N2O. The predicted molar refractivity (Wildman–Crippen MR) is 62.8 cm³/mol. The monoisotopic (exact) mass is 216 g/mol. The molecule has 3 nitrogen and oxygen atoms in total. The number of nitriles is 1. The largest absolute Gasteiger partial charge is 0.325 e. The van der Waals surface area contributed by atoms with E-state index in [0.29, 0.717) is 5.56 Å². The van der Waals surface area contributed by atoms with Gasteiger partial charge in [0.25, 0.3) is 5.91 Å². The fourth-order valence-corrected chi connectivity index (χ4v) is 1.59. The summed E-state index contributed by atoms with van der Waals surface area (Å²) < 4.78 is 0. The van der Waals surface area contributed by atoms with Crippen LogP contribution < -0.4 is 0 Å². The number of rotatable bonds is 3. The van der Waals surface area contributed by atoms with Gasteiger partial charge in [-0.2, -0.15) is 5.26 Å². The van der Waals surface area contributed by atoms with Crippen LogP contribution in [-0.4, -0.2) is 23.9 Å². The molecule has 0 N–H and O–H groups in total. The van der Waals surface area contributed by atoms with Gasteiger partial charge in [0.1, 0.15) is 6.04 Å². The average Bonchev–Trinajstić information content (AvgIpc) is 2.29. The van der Waals surface area contributed by atoms with Gasteiger partial charge in [0.2, 0.25) is 0 Å². The zero-order valence-corrected chi connectivity index (χ0v) is 9.84. The molecule has 1 amide bonds. The molecular weight excluding hydrogens is 200 g/mol. The maximum absolute atomic E-state index is 12.0. The summed E-state index contributed by atoms with van der Waals surface area (Å²) >= 11 is 0. The number of carbonyl (C=O) groups excluding carboxylic acids is 1. The molecule has 16 heavy (non-hydrogen) atoms. The molecule has 1 aromatic rings. The maximum atomic E-state index is 12.0. The van der Waals surface area contributed by atoms with Crippen molar-refractivity contribution in [2.45, 2.75) is 19.9 Å². The summed E-state index contributed by atoms with van der Waals surface area (Å²) in [6.07, 6.45) is 0. The van der Waals surface area contributed by atoms with E-state index in [0.717, 1.165) is 0 Å². The van der Waals surface area contributed by atoms with Crippen LogP contribution in [0.3, 0.4) is 0 Å². The first-order chi connectivity index (χ1) is 7.57. The Morgan fingerprint density at radius 2 is 1.88 bits per heavy atom. The highest BCUT2D eigenvalue weighted by atomic mass is 16.2. The summed E-state index contributed by atoms with van der Waals surface area (Å²) in [7, 11) is 1.67. The fraction of sp³-hybridized carbons (Fsp3) is 0.385. The van der Waals surface area contributed by atoms with Crippen LogP contribution in [0.25, 0.3) is 0 Å². The van der Waals surface area contributed by atoms with E-state index in [1.54, 1.807) is 19.2 Å². The molecule has 0 bridgehead atoms. The lowest BCUT2D eigenvalue weighted by molar-refractivity contribution is 0.0736. The number of benzene rings is 1. The van der Waals surface area contributed by atoms with Crippen LogP contribution in [0, 0.1) is 17.2 Å². The molecule has 0 aliphatic carbocycles. The summed E-state index contributed by atoms with van der Waals surface area (Å²) in [6, 6.07) is 10.8. The lowest BCUT2D eigenvalue weighted by Gasteiger charge is -2.25. The Balaban J connectivity index is 2.87. The molecule has 3 heteroatoms. The number of carbonyl (C=O) groups is 1. The lowest BCUT2D eigenvalue weighted by atomic mass is 10.0. The van der Waals surface area contributed by atoms with Crippen LogP contribution in [0.4, 0.5) is 0 Å². The minimum Gasteiger partial charge on any atom is -0.325 e. The van der Waals surface area contributed by atoms with Gasteiger partial charge in [-0.05, 0) is 18.1 Å². The Kier molecular flexibility index (Phi) is 4.07. The molecule has 0 spiro atoms. The summed E-state index contributed by atoms with van der Waals surface area (Å²) in [5.41, 5.74) is 0.617. The van der Waals surface area contributed by atoms with Gasteiger partial charge >= 0.3 is 0 Å². The zero-order valence-electron chi connectivity index (χ0n) is 9.84. The van der Waals surface area contributed by atoms with Gasteiger partial charge in [-0.3, -0.25) is 4.79 Å². The molecule has 0 saturated heterocycles. The first kappa shape index (κ1) is 12.3. The van der Waals surface area contributed by atoms with Crippen molar-refractivity contribution in [3.63, 3.8) is 0 Å². The van der Waals surface area contributed by atoms with Crippen molar-refractivity contribution >= 4 is 5.91 Å². The summed E-state index contributed by atoms with van der Waals surface area (Å²) in [6.45, 7) is 3.87. The van der Waals surface area contributed by atoms with Crippen molar-refractivity contribution in [2.75, 3.05) is 7.05 Å². The molecule has 84 valence electrons. The molecule has 1 unspecified atom stereocenters. The second-order valence-electron chi connectivity index (χ2n) is 4.10. The van der Waals surface area contributed by atoms with Crippen molar-refractivity contribution in [3.05, 3.63) is 35.9 Å². The Morgan fingerprint density at radius 1 is 1.31 bits per heavy atom. The fourth-order valence-electron chi connectivity index (χ4n) is 1.59. The van der Waals surface area contributed by atoms with Gasteiger partial charge in [0, 0.05) is 12.6 Å². The Bertz CT molecular complexity index is 392. The van der Waals surface area contributed by atoms with Gasteiger partial charge < -0.3 is 4.90 Å². The summed E-state index contributed by atoms with van der Waals surface area (Å²) in [5, 5.41) is 9.02. The van der Waals surface area contributed by atoms with Gasteiger partial charge in [-0.1, -0.05) is 32.0 Å². The highest BCUT2D eigenvalue weighted by Gasteiger charge is 2.23. The molecule has 1 aromatic carbocycles. The number of hydrogen-bond donors (Lipinski definition) is 0. The zero-order chi connectivity index (χ0) is 12.1. The topological polar surface area (TPSA) is 44.1 Å². The van der Waals surface area contributed by atoms with Crippen LogP contribution in [0.5, 0.6) is 0 Å². The molecule has 0 saturated carbocycles. The van der Waals surface area contributed by atoms with Crippen LogP contribution in [0.2, 0.25) is 0 Å². The van der Waals surface area contributed by atoms with E-state index in [2.05, 4.69) is 6.07 Å². The van der Waals surface area contributed by atoms with Crippen molar-refractivity contribution in [3.8, 4) is 6.07 Å². The van der Waals surface area contributed by atoms with Crippen molar-refractivity contribution in [1.29, 1.82) is 5.26 Å². The van der Waals surface area contributed by atoms with E-state index in [1.165, 1.54) is 4.90 Å². The normalized spacial score (nSPS) is 11.9. The van der Waals surface area contributed by atoms with E-state index in [4.69, 9.17) is 5.26 Å². The van der Waals surface area contributed by atoms with Crippen LogP contribution >= 0.6 is 0 Å². The molecule has 0 aliphatic heterocycles. The first-order valence-electron chi connectivity index (χ1n) is 5.29. The average molecular weight is 216 g/mol. The van der Waals surface area contributed by atoms with E-state index in [9.17, 15) is 4.79 Å². The Labute approximate surface area is 96.3 Å². The Hall–Kier alpha value is -1.82. The SMILES string of the molecule is CC(C)C(C#N)N(C)C(=O)c1ccccc1. The molecule has 0 radical (unpaired) electrons. The smallest absolute Gasteiger partial charge is 0.254 e. The minimum atomic E-state index is -0.382. The van der Waals surface area contributed by atoms with Crippen molar-refractivity contribution < 1.29 is 4.79 Å². The maximum Gasteiger partial charge on any atom is 0.254 e. The van der Waals surface area contributed by atoms with Crippen molar-refractivity contribution in [1.82, 2.24) is 4.90 Å². The first-order valence-corrected chi connectivity index (χ1v) is 5.29. The van der Waals surface area contributed by atoms with Gasteiger partial charge in [-0.15, -0.1) is 0 Å². The second kappa shape index (κ2) is 5.32. The standard InChI is InChI=1S/C13H16N2O/c1-10(2)12(9-14)15(3)13(16)11-7-5-4-6-8-11/h4-8,10,12H,1-3H3. The van der Waals surface area contributed by atoms with E-state index < -0.39 is 0 Å². The number of nitrogens with zero attached hydrogens (tertiary/aromatic N) is 2. The lowest BCUT2D eigenvalue weighted by Crippen LogP contribution is -2.39. The second-order valence-corrected chi connectivity index (χ2v) is 4.10. The van der Waals surface area contributed by atoms with E-state index in [-0.39, 0.29) is 17.9 Å². The van der Waals surface area contributed by atoms with Gasteiger partial charge in [-0.25, -0.2) is 0 Å². The molecule has 1 atom stereocenters. The molecule has 1 rings (SSSR count). The van der Waals surface area contributed by atoms with Gasteiger partial charge in [0.05, 0.1) is 6.07 Å². The third-order valence-corrected chi connectivity index (χ3v) is 2.52. The Morgan fingerprint density at radius 3 is 2.31 bits per heavy atom. The van der Waals surface area contributed by atoms with E-state index >= 15 is 0 Å². The molecule has 0 aromatic heterocycles. The molecule has 0 heterocycles. The van der Waals surface area contributed by atoms with Gasteiger partial charge in [0.15, 0.2) is 0 Å². The quantitative estimate of drug-likeness (QED) is 0.778.